The van der Waals surface area contributed by atoms with Crippen LogP contribution in [-0.4, -0.2) is 46.7 Å². The summed E-state index contributed by atoms with van der Waals surface area (Å²) in [6.45, 7) is 4.32. The van der Waals surface area contributed by atoms with E-state index < -0.39 is 9.84 Å². The topological polar surface area (TPSA) is 55.4 Å². The molecule has 17 heavy (non-hydrogen) atoms. The minimum absolute atomic E-state index is 0.119. The molecule has 0 bridgehead atoms. The van der Waals surface area contributed by atoms with E-state index in [4.69, 9.17) is 4.74 Å². The Morgan fingerprint density at radius 2 is 1.88 bits per heavy atom. The van der Waals surface area contributed by atoms with Gasteiger partial charge in [-0.05, 0) is 38.1 Å². The van der Waals surface area contributed by atoms with Crippen molar-refractivity contribution in [2.24, 2.45) is 5.41 Å². The van der Waals surface area contributed by atoms with Crippen LogP contribution in [0.2, 0.25) is 0 Å². The van der Waals surface area contributed by atoms with Gasteiger partial charge < -0.3 is 10.1 Å². The molecule has 1 heterocycles. The minimum atomic E-state index is -2.86. The summed E-state index contributed by atoms with van der Waals surface area (Å²) in [6.07, 6.45) is 3.41. The predicted octanol–water partition coefficient (Wildman–Crippen LogP) is 1.22. The molecule has 1 saturated heterocycles. The largest absolute Gasteiger partial charge is 0.381 e. The van der Waals surface area contributed by atoms with Gasteiger partial charge in [-0.15, -0.1) is 0 Å². The van der Waals surface area contributed by atoms with Crippen LogP contribution in [0.15, 0.2) is 0 Å². The Hall–Kier alpha value is -0.130. The molecule has 0 spiro atoms. The first-order valence-corrected chi connectivity index (χ1v) is 8.28. The smallest absolute Gasteiger partial charge is 0.150 e. The lowest BCUT2D eigenvalue weighted by Crippen LogP contribution is -2.39. The summed E-state index contributed by atoms with van der Waals surface area (Å²) in [6, 6.07) is 0. The molecule has 5 heteroatoms. The van der Waals surface area contributed by atoms with Crippen molar-refractivity contribution in [2.75, 3.05) is 38.3 Å². The van der Waals surface area contributed by atoms with Crippen LogP contribution in [0.25, 0.3) is 0 Å². The first-order valence-electron chi connectivity index (χ1n) is 6.46. The normalized spacial score (nSPS) is 20.4. The maximum Gasteiger partial charge on any atom is 0.150 e. The molecule has 1 aliphatic rings. The predicted molar refractivity (Wildman–Crippen MR) is 70.0 cm³/mol. The van der Waals surface area contributed by atoms with E-state index >= 15 is 0 Å². The third-order valence-corrected chi connectivity index (χ3v) is 5.42. The van der Waals surface area contributed by atoms with Gasteiger partial charge in [0.2, 0.25) is 0 Å². The number of sulfone groups is 1. The van der Waals surface area contributed by atoms with Crippen LogP contribution in [0.3, 0.4) is 0 Å². The molecule has 0 radical (unpaired) electrons. The molecule has 4 nitrogen and oxygen atoms in total. The standard InChI is InChI=1S/C12H25NO3S/c1-3-9-17(14,15)10-6-12(11-13-2)4-7-16-8-5-12/h13H,3-11H2,1-2H3. The monoisotopic (exact) mass is 263 g/mol. The van der Waals surface area contributed by atoms with Crippen LogP contribution in [0.5, 0.6) is 0 Å². The summed E-state index contributed by atoms with van der Waals surface area (Å²) in [7, 11) is -0.928. The second-order valence-corrected chi connectivity index (χ2v) is 7.35. The summed E-state index contributed by atoms with van der Waals surface area (Å²) in [4.78, 5) is 0. The molecule has 1 fully saturated rings. The van der Waals surface area contributed by atoms with Crippen LogP contribution in [0.1, 0.15) is 32.6 Å². The van der Waals surface area contributed by atoms with Crippen LogP contribution >= 0.6 is 0 Å². The van der Waals surface area contributed by atoms with E-state index in [0.29, 0.717) is 17.9 Å². The Kier molecular flexibility index (Phi) is 5.89. The Morgan fingerprint density at radius 1 is 1.24 bits per heavy atom. The van der Waals surface area contributed by atoms with E-state index in [1.54, 1.807) is 0 Å². The van der Waals surface area contributed by atoms with Crippen molar-refractivity contribution in [3.63, 3.8) is 0 Å². The molecule has 1 N–H and O–H groups in total. The average molecular weight is 263 g/mol. The molecular formula is C12H25NO3S. The van der Waals surface area contributed by atoms with Gasteiger partial charge in [0.1, 0.15) is 9.84 Å². The lowest BCUT2D eigenvalue weighted by Gasteiger charge is -2.37. The summed E-state index contributed by atoms with van der Waals surface area (Å²) in [5.74, 6) is 0.641. The van der Waals surface area contributed by atoms with E-state index in [2.05, 4.69) is 5.32 Å². The highest BCUT2D eigenvalue weighted by atomic mass is 32.2. The van der Waals surface area contributed by atoms with E-state index in [0.717, 1.165) is 39.0 Å². The van der Waals surface area contributed by atoms with Crippen LogP contribution in [-0.2, 0) is 14.6 Å². The second-order valence-electron chi connectivity index (χ2n) is 5.04. The van der Waals surface area contributed by atoms with E-state index in [-0.39, 0.29) is 5.41 Å². The number of hydrogen-bond acceptors (Lipinski definition) is 4. The van der Waals surface area contributed by atoms with Gasteiger partial charge in [0.25, 0.3) is 0 Å². The molecule has 0 aliphatic carbocycles. The fraction of sp³-hybridized carbons (Fsp3) is 1.00. The number of ether oxygens (including phenoxy) is 1. The summed E-state index contributed by atoms with van der Waals surface area (Å²) in [5, 5.41) is 3.20. The Labute approximate surface area is 105 Å². The highest BCUT2D eigenvalue weighted by Gasteiger charge is 2.33. The van der Waals surface area contributed by atoms with E-state index in [1.807, 2.05) is 14.0 Å². The fourth-order valence-electron chi connectivity index (χ4n) is 2.48. The highest BCUT2D eigenvalue weighted by molar-refractivity contribution is 7.91. The average Bonchev–Trinajstić information content (AvgIpc) is 2.29. The van der Waals surface area contributed by atoms with E-state index in [1.165, 1.54) is 0 Å². The molecule has 1 rings (SSSR count). The molecule has 0 aromatic rings. The van der Waals surface area contributed by atoms with Crippen molar-refractivity contribution in [3.8, 4) is 0 Å². The van der Waals surface area contributed by atoms with Gasteiger partial charge in [-0.2, -0.15) is 0 Å². The number of rotatable bonds is 7. The molecule has 102 valence electrons. The van der Waals surface area contributed by atoms with Crippen molar-refractivity contribution in [2.45, 2.75) is 32.6 Å². The molecule has 1 aliphatic heterocycles. The number of nitrogens with one attached hydrogen (secondary N) is 1. The summed E-state index contributed by atoms with van der Waals surface area (Å²) >= 11 is 0. The van der Waals surface area contributed by atoms with Gasteiger partial charge in [-0.3, -0.25) is 0 Å². The Balaban J connectivity index is 2.55. The van der Waals surface area contributed by atoms with Crippen LogP contribution < -0.4 is 5.32 Å². The quantitative estimate of drug-likeness (QED) is 0.750. The third-order valence-electron chi connectivity index (χ3n) is 3.56. The zero-order chi connectivity index (χ0) is 12.8. The zero-order valence-corrected chi connectivity index (χ0v) is 11.8. The minimum Gasteiger partial charge on any atom is -0.381 e. The van der Waals surface area contributed by atoms with Gasteiger partial charge >= 0.3 is 0 Å². The van der Waals surface area contributed by atoms with E-state index in [9.17, 15) is 8.42 Å². The molecule has 0 aromatic carbocycles. The highest BCUT2D eigenvalue weighted by Crippen LogP contribution is 2.34. The molecule has 0 unspecified atom stereocenters. The van der Waals surface area contributed by atoms with Gasteiger partial charge in [0.05, 0.1) is 5.75 Å². The van der Waals surface area contributed by atoms with Gasteiger partial charge in [-0.25, -0.2) is 8.42 Å². The first kappa shape index (κ1) is 14.9. The number of hydrogen-bond donors (Lipinski definition) is 1. The van der Waals surface area contributed by atoms with Gasteiger partial charge in [0, 0.05) is 25.5 Å². The van der Waals surface area contributed by atoms with Crippen LogP contribution in [0.4, 0.5) is 0 Å². The van der Waals surface area contributed by atoms with Crippen molar-refractivity contribution in [1.29, 1.82) is 0 Å². The van der Waals surface area contributed by atoms with Gasteiger partial charge in [-0.1, -0.05) is 6.92 Å². The molecular weight excluding hydrogens is 238 g/mol. The third kappa shape index (κ3) is 4.94. The maximum absolute atomic E-state index is 11.8. The Bertz CT molecular complexity index is 302. The molecule has 0 aromatic heterocycles. The molecule has 0 atom stereocenters. The van der Waals surface area contributed by atoms with Crippen molar-refractivity contribution >= 4 is 9.84 Å². The summed E-state index contributed by atoms with van der Waals surface area (Å²) in [5.41, 5.74) is 0.119. The fourth-order valence-corrected chi connectivity index (χ4v) is 4.05. The zero-order valence-electron chi connectivity index (χ0n) is 11.0. The Morgan fingerprint density at radius 3 is 2.41 bits per heavy atom. The van der Waals surface area contributed by atoms with Crippen LogP contribution in [0, 0.1) is 5.41 Å². The maximum atomic E-state index is 11.8. The summed E-state index contributed by atoms with van der Waals surface area (Å²) < 4.78 is 28.9. The van der Waals surface area contributed by atoms with Crippen molar-refractivity contribution in [3.05, 3.63) is 0 Å². The lowest BCUT2D eigenvalue weighted by atomic mass is 9.78. The van der Waals surface area contributed by atoms with Gasteiger partial charge in [0.15, 0.2) is 0 Å². The molecule has 0 saturated carbocycles. The molecule has 0 amide bonds. The van der Waals surface area contributed by atoms with Crippen molar-refractivity contribution < 1.29 is 13.2 Å². The SMILES string of the molecule is CCCS(=O)(=O)CCC1(CNC)CCOCC1. The second kappa shape index (κ2) is 6.71. The first-order chi connectivity index (χ1) is 8.04. The lowest BCUT2D eigenvalue weighted by molar-refractivity contribution is 0.0141. The van der Waals surface area contributed by atoms with Crippen molar-refractivity contribution in [1.82, 2.24) is 5.32 Å².